The van der Waals surface area contributed by atoms with Crippen molar-refractivity contribution in [3.05, 3.63) is 35.4 Å². The van der Waals surface area contributed by atoms with E-state index in [1.165, 1.54) is 12.1 Å². The SMILES string of the molecule is CCN1CCN(C(C(=O)O)c2cccc(C(F)(F)F)c2)CC1. The van der Waals surface area contributed by atoms with E-state index >= 15 is 0 Å². The molecule has 0 aromatic heterocycles. The third kappa shape index (κ3) is 3.78. The van der Waals surface area contributed by atoms with Gasteiger partial charge in [-0.25, -0.2) is 0 Å². The summed E-state index contributed by atoms with van der Waals surface area (Å²) in [5.41, 5.74) is -0.643. The van der Waals surface area contributed by atoms with Gasteiger partial charge in [-0.05, 0) is 24.2 Å². The first-order valence-corrected chi connectivity index (χ1v) is 7.19. The van der Waals surface area contributed by atoms with Crippen molar-refractivity contribution in [3.8, 4) is 0 Å². The minimum atomic E-state index is -4.47. The minimum absolute atomic E-state index is 0.173. The van der Waals surface area contributed by atoms with Gasteiger partial charge >= 0.3 is 12.1 Å². The maximum atomic E-state index is 12.8. The van der Waals surface area contributed by atoms with E-state index in [2.05, 4.69) is 4.90 Å². The van der Waals surface area contributed by atoms with Crippen LogP contribution >= 0.6 is 0 Å². The van der Waals surface area contributed by atoms with Crippen molar-refractivity contribution < 1.29 is 23.1 Å². The van der Waals surface area contributed by atoms with E-state index in [0.717, 1.165) is 31.8 Å². The number of carbonyl (C=O) groups is 1. The molecular weight excluding hydrogens is 297 g/mol. The first-order chi connectivity index (χ1) is 10.3. The Kier molecular flexibility index (Phi) is 5.08. The molecule has 0 bridgehead atoms. The standard InChI is InChI=1S/C15H19F3N2O2/c1-2-19-6-8-20(9-7-19)13(14(21)22)11-4-3-5-12(10-11)15(16,17)18/h3-5,10,13H,2,6-9H2,1H3,(H,21,22). The molecule has 2 rings (SSSR count). The fourth-order valence-corrected chi connectivity index (χ4v) is 2.73. The number of likely N-dealkylation sites (N-methyl/N-ethyl adjacent to an activating group) is 1. The molecule has 0 saturated carbocycles. The van der Waals surface area contributed by atoms with Crippen LogP contribution in [0.3, 0.4) is 0 Å². The second-order valence-corrected chi connectivity index (χ2v) is 5.33. The Hall–Kier alpha value is -1.60. The maximum Gasteiger partial charge on any atom is 0.416 e. The first-order valence-electron chi connectivity index (χ1n) is 7.19. The Morgan fingerprint density at radius 2 is 1.91 bits per heavy atom. The molecule has 1 atom stereocenters. The number of rotatable bonds is 4. The summed E-state index contributed by atoms with van der Waals surface area (Å²) < 4.78 is 38.4. The zero-order valence-corrected chi connectivity index (χ0v) is 12.3. The van der Waals surface area contributed by atoms with Crippen molar-refractivity contribution >= 4 is 5.97 Å². The molecule has 0 amide bonds. The molecular formula is C15H19F3N2O2. The molecule has 1 aromatic rings. The van der Waals surface area contributed by atoms with E-state index in [1.807, 2.05) is 6.92 Å². The van der Waals surface area contributed by atoms with Gasteiger partial charge in [0.2, 0.25) is 0 Å². The van der Waals surface area contributed by atoms with Gasteiger partial charge in [0.1, 0.15) is 6.04 Å². The Morgan fingerprint density at radius 1 is 1.27 bits per heavy atom. The van der Waals surface area contributed by atoms with Crippen LogP contribution in [-0.4, -0.2) is 53.6 Å². The quantitative estimate of drug-likeness (QED) is 0.927. The van der Waals surface area contributed by atoms with Crippen LogP contribution in [0.2, 0.25) is 0 Å². The van der Waals surface area contributed by atoms with E-state index in [0.29, 0.717) is 13.1 Å². The first kappa shape index (κ1) is 16.8. The Balaban J connectivity index is 2.24. The highest BCUT2D eigenvalue weighted by molar-refractivity contribution is 5.75. The van der Waals surface area contributed by atoms with Gasteiger partial charge in [0.25, 0.3) is 0 Å². The van der Waals surface area contributed by atoms with E-state index in [1.54, 1.807) is 4.90 Å². The van der Waals surface area contributed by atoms with Gasteiger partial charge in [-0.1, -0.05) is 19.1 Å². The van der Waals surface area contributed by atoms with Gasteiger partial charge in [0, 0.05) is 26.2 Å². The van der Waals surface area contributed by atoms with Crippen molar-refractivity contribution in [1.82, 2.24) is 9.80 Å². The van der Waals surface area contributed by atoms with E-state index in [-0.39, 0.29) is 5.56 Å². The van der Waals surface area contributed by atoms with Gasteiger partial charge in [-0.3, -0.25) is 9.69 Å². The molecule has 1 aromatic carbocycles. The topological polar surface area (TPSA) is 43.8 Å². The van der Waals surface area contributed by atoms with Gasteiger partial charge < -0.3 is 10.0 Å². The fourth-order valence-electron chi connectivity index (χ4n) is 2.73. The highest BCUT2D eigenvalue weighted by Crippen LogP contribution is 2.32. The summed E-state index contributed by atoms with van der Waals surface area (Å²) in [5.74, 6) is -1.12. The van der Waals surface area contributed by atoms with Crippen molar-refractivity contribution in [2.45, 2.75) is 19.1 Å². The summed E-state index contributed by atoms with van der Waals surface area (Å²) in [7, 11) is 0. The van der Waals surface area contributed by atoms with E-state index in [4.69, 9.17) is 0 Å². The summed E-state index contributed by atoms with van der Waals surface area (Å²) in [4.78, 5) is 15.5. The van der Waals surface area contributed by atoms with E-state index < -0.39 is 23.8 Å². The van der Waals surface area contributed by atoms with Crippen LogP contribution in [0.25, 0.3) is 0 Å². The highest BCUT2D eigenvalue weighted by Gasteiger charge is 2.34. The molecule has 1 aliphatic heterocycles. The number of hydrogen-bond acceptors (Lipinski definition) is 3. The second kappa shape index (κ2) is 6.66. The molecule has 122 valence electrons. The molecule has 1 saturated heterocycles. The van der Waals surface area contributed by atoms with Crippen LogP contribution in [0.1, 0.15) is 24.1 Å². The molecule has 0 radical (unpaired) electrons. The fraction of sp³-hybridized carbons (Fsp3) is 0.533. The zero-order valence-electron chi connectivity index (χ0n) is 12.3. The summed E-state index contributed by atoms with van der Waals surface area (Å²) in [6.45, 7) is 5.41. The van der Waals surface area contributed by atoms with Crippen molar-refractivity contribution in [2.75, 3.05) is 32.7 Å². The number of hydrogen-bond donors (Lipinski definition) is 1. The normalized spacial score (nSPS) is 19.1. The third-order valence-corrected chi connectivity index (χ3v) is 3.98. The Bertz CT molecular complexity index is 526. The summed E-state index contributed by atoms with van der Waals surface area (Å²) >= 11 is 0. The predicted molar refractivity (Wildman–Crippen MR) is 75.5 cm³/mol. The monoisotopic (exact) mass is 316 g/mol. The van der Waals surface area contributed by atoms with E-state index in [9.17, 15) is 23.1 Å². The lowest BCUT2D eigenvalue weighted by molar-refractivity contribution is -0.145. The molecule has 1 aliphatic rings. The van der Waals surface area contributed by atoms with Crippen LogP contribution in [-0.2, 0) is 11.0 Å². The number of piperazine rings is 1. The number of carboxylic acids is 1. The molecule has 7 heteroatoms. The highest BCUT2D eigenvalue weighted by atomic mass is 19.4. The van der Waals surface area contributed by atoms with Crippen LogP contribution in [0.5, 0.6) is 0 Å². The van der Waals surface area contributed by atoms with Crippen LogP contribution in [0.4, 0.5) is 13.2 Å². The van der Waals surface area contributed by atoms with Crippen molar-refractivity contribution in [3.63, 3.8) is 0 Å². The molecule has 1 heterocycles. The largest absolute Gasteiger partial charge is 0.480 e. The average molecular weight is 316 g/mol. The zero-order chi connectivity index (χ0) is 16.3. The minimum Gasteiger partial charge on any atom is -0.480 e. The number of halogens is 3. The van der Waals surface area contributed by atoms with Gasteiger partial charge in [0.15, 0.2) is 0 Å². The summed E-state index contributed by atoms with van der Waals surface area (Å²) in [5, 5.41) is 9.46. The Labute approximate surface area is 127 Å². The molecule has 1 unspecified atom stereocenters. The Morgan fingerprint density at radius 3 is 2.41 bits per heavy atom. The smallest absolute Gasteiger partial charge is 0.416 e. The van der Waals surface area contributed by atoms with Gasteiger partial charge in [-0.2, -0.15) is 13.2 Å². The second-order valence-electron chi connectivity index (χ2n) is 5.33. The molecule has 1 N–H and O–H groups in total. The lowest BCUT2D eigenvalue weighted by Gasteiger charge is -2.37. The van der Waals surface area contributed by atoms with Crippen LogP contribution < -0.4 is 0 Å². The van der Waals surface area contributed by atoms with Crippen LogP contribution in [0.15, 0.2) is 24.3 Å². The van der Waals surface area contributed by atoms with Crippen molar-refractivity contribution in [2.24, 2.45) is 0 Å². The molecule has 0 aliphatic carbocycles. The van der Waals surface area contributed by atoms with Gasteiger partial charge in [-0.15, -0.1) is 0 Å². The summed E-state index contributed by atoms with van der Waals surface area (Å²) in [6.07, 6.45) is -4.47. The maximum absolute atomic E-state index is 12.8. The van der Waals surface area contributed by atoms with Crippen LogP contribution in [0, 0.1) is 0 Å². The number of nitrogens with zero attached hydrogens (tertiary/aromatic N) is 2. The lowest BCUT2D eigenvalue weighted by Crippen LogP contribution is -2.49. The molecule has 22 heavy (non-hydrogen) atoms. The average Bonchev–Trinajstić information content (AvgIpc) is 2.47. The van der Waals surface area contributed by atoms with Gasteiger partial charge in [0.05, 0.1) is 5.56 Å². The molecule has 1 fully saturated rings. The van der Waals surface area contributed by atoms with Crippen molar-refractivity contribution in [1.29, 1.82) is 0 Å². The predicted octanol–water partition coefficient (Wildman–Crippen LogP) is 2.47. The number of aliphatic carboxylic acids is 1. The number of benzene rings is 1. The molecule has 4 nitrogen and oxygen atoms in total. The summed E-state index contributed by atoms with van der Waals surface area (Å²) in [6, 6.07) is 3.56. The third-order valence-electron chi connectivity index (χ3n) is 3.98. The molecule has 0 spiro atoms. The number of carboxylic acid groups (broad SMARTS) is 1. The number of alkyl halides is 3. The lowest BCUT2D eigenvalue weighted by atomic mass is 10.0.